The Balaban J connectivity index is 2.34. The molecule has 2 rings (SSSR count). The van der Waals surface area contributed by atoms with Crippen LogP contribution in [0.4, 0.5) is 5.69 Å². The highest BCUT2D eigenvalue weighted by Crippen LogP contribution is 2.32. The van der Waals surface area contributed by atoms with Crippen molar-refractivity contribution < 1.29 is 14.8 Å². The first-order valence-corrected chi connectivity index (χ1v) is 6.68. The van der Waals surface area contributed by atoms with E-state index in [1.807, 2.05) is 13.8 Å². The van der Waals surface area contributed by atoms with Gasteiger partial charge in [0, 0.05) is 18.7 Å². The summed E-state index contributed by atoms with van der Waals surface area (Å²) in [6.45, 7) is 4.38. The monoisotopic (exact) mass is 278 g/mol. The molecule has 0 radical (unpaired) electrons. The van der Waals surface area contributed by atoms with Crippen LogP contribution in [0.3, 0.4) is 0 Å². The summed E-state index contributed by atoms with van der Waals surface area (Å²) >= 11 is 0. The van der Waals surface area contributed by atoms with Gasteiger partial charge in [-0.25, -0.2) is 0 Å². The number of aromatic hydroxyl groups is 1. The molecule has 0 aliphatic heterocycles. The number of nitro benzene ring substituents is 1. The van der Waals surface area contributed by atoms with E-state index in [0.717, 1.165) is 18.9 Å². The van der Waals surface area contributed by atoms with Crippen LogP contribution in [0.2, 0.25) is 0 Å². The van der Waals surface area contributed by atoms with E-state index >= 15 is 0 Å². The summed E-state index contributed by atoms with van der Waals surface area (Å²) in [5.74, 6) is -0.0405. The minimum Gasteiger partial charge on any atom is -0.508 e. The summed E-state index contributed by atoms with van der Waals surface area (Å²) < 4.78 is 0. The molecule has 0 saturated heterocycles. The lowest BCUT2D eigenvalue weighted by Crippen LogP contribution is -2.38. The fourth-order valence-corrected chi connectivity index (χ4v) is 2.12. The summed E-state index contributed by atoms with van der Waals surface area (Å²) in [5, 5.41) is 20.5. The van der Waals surface area contributed by atoms with Crippen molar-refractivity contribution >= 4 is 11.6 Å². The highest BCUT2D eigenvalue weighted by molar-refractivity contribution is 5.98. The smallest absolute Gasteiger partial charge is 0.282 e. The molecular weight excluding hydrogens is 260 g/mol. The second kappa shape index (κ2) is 5.48. The number of phenolic OH excluding ortho intramolecular Hbond substituents is 1. The number of hydrogen-bond donors (Lipinski definition) is 1. The molecule has 0 atom stereocenters. The van der Waals surface area contributed by atoms with E-state index in [-0.39, 0.29) is 23.0 Å². The molecule has 1 aromatic rings. The summed E-state index contributed by atoms with van der Waals surface area (Å²) in [5.41, 5.74) is -0.321. The second-order valence-electron chi connectivity index (χ2n) is 5.45. The van der Waals surface area contributed by atoms with E-state index in [4.69, 9.17) is 0 Å². The molecule has 1 aliphatic rings. The van der Waals surface area contributed by atoms with Gasteiger partial charge in [-0.15, -0.1) is 0 Å². The van der Waals surface area contributed by atoms with Gasteiger partial charge in [-0.3, -0.25) is 14.9 Å². The zero-order valence-corrected chi connectivity index (χ0v) is 11.6. The molecule has 0 unspecified atom stereocenters. The molecule has 0 aromatic heterocycles. The number of hydrogen-bond acceptors (Lipinski definition) is 4. The first kappa shape index (κ1) is 14.3. The predicted molar refractivity (Wildman–Crippen MR) is 73.7 cm³/mol. The zero-order valence-electron chi connectivity index (χ0n) is 11.6. The largest absolute Gasteiger partial charge is 0.508 e. The van der Waals surface area contributed by atoms with Crippen molar-refractivity contribution in [2.45, 2.75) is 32.7 Å². The average Bonchev–Trinajstić information content (AvgIpc) is 3.18. The van der Waals surface area contributed by atoms with Crippen molar-refractivity contribution in [2.24, 2.45) is 5.92 Å². The SMILES string of the molecule is CC(C)N(CC1CC1)C(=O)c1cc(O)ccc1[N+](=O)[O-]. The van der Waals surface area contributed by atoms with Gasteiger partial charge in [-0.05, 0) is 44.7 Å². The Labute approximate surface area is 117 Å². The molecule has 1 fully saturated rings. The lowest BCUT2D eigenvalue weighted by molar-refractivity contribution is -0.385. The Bertz CT molecular complexity index is 538. The first-order chi connectivity index (χ1) is 9.40. The second-order valence-corrected chi connectivity index (χ2v) is 5.45. The standard InChI is InChI=1S/C14H18N2O4/c1-9(2)15(8-10-3-4-10)14(18)12-7-11(17)5-6-13(12)16(19)20/h5-7,9-10,17H,3-4,8H2,1-2H3. The third-order valence-corrected chi connectivity index (χ3v) is 3.44. The average molecular weight is 278 g/mol. The molecule has 0 bridgehead atoms. The van der Waals surface area contributed by atoms with E-state index < -0.39 is 10.8 Å². The Morgan fingerprint density at radius 3 is 2.65 bits per heavy atom. The maximum absolute atomic E-state index is 12.5. The molecule has 108 valence electrons. The van der Waals surface area contributed by atoms with Gasteiger partial charge in [0.15, 0.2) is 0 Å². The first-order valence-electron chi connectivity index (χ1n) is 6.68. The molecule has 0 spiro atoms. The van der Waals surface area contributed by atoms with Crippen LogP contribution in [0.15, 0.2) is 18.2 Å². The van der Waals surface area contributed by atoms with Crippen LogP contribution in [0, 0.1) is 16.0 Å². The molecule has 1 aliphatic carbocycles. The zero-order chi connectivity index (χ0) is 14.9. The molecule has 0 heterocycles. The van der Waals surface area contributed by atoms with Crippen molar-refractivity contribution in [1.82, 2.24) is 4.90 Å². The topological polar surface area (TPSA) is 83.7 Å². The van der Waals surface area contributed by atoms with Crippen LogP contribution in [-0.4, -0.2) is 33.4 Å². The van der Waals surface area contributed by atoms with E-state index in [1.165, 1.54) is 12.1 Å². The Morgan fingerprint density at radius 2 is 2.15 bits per heavy atom. The predicted octanol–water partition coefficient (Wildman–Crippen LogP) is 2.56. The third-order valence-electron chi connectivity index (χ3n) is 3.44. The van der Waals surface area contributed by atoms with Crippen molar-refractivity contribution in [2.75, 3.05) is 6.54 Å². The normalized spacial score (nSPS) is 14.3. The van der Waals surface area contributed by atoms with Crippen LogP contribution in [0.5, 0.6) is 5.75 Å². The number of carbonyl (C=O) groups excluding carboxylic acids is 1. The Morgan fingerprint density at radius 1 is 1.50 bits per heavy atom. The lowest BCUT2D eigenvalue weighted by atomic mass is 10.1. The maximum atomic E-state index is 12.5. The van der Waals surface area contributed by atoms with Gasteiger partial charge in [0.05, 0.1) is 4.92 Å². The van der Waals surface area contributed by atoms with Crippen LogP contribution < -0.4 is 0 Å². The molecule has 1 N–H and O–H groups in total. The van der Waals surface area contributed by atoms with Gasteiger partial charge < -0.3 is 10.0 Å². The van der Waals surface area contributed by atoms with Gasteiger partial charge in [0.1, 0.15) is 11.3 Å². The van der Waals surface area contributed by atoms with Crippen molar-refractivity contribution in [3.05, 3.63) is 33.9 Å². The summed E-state index contributed by atoms with van der Waals surface area (Å²) in [6.07, 6.45) is 2.19. The molecule has 6 heteroatoms. The van der Waals surface area contributed by atoms with Gasteiger partial charge >= 0.3 is 0 Å². The summed E-state index contributed by atoms with van der Waals surface area (Å²) in [6, 6.07) is 3.52. The highest BCUT2D eigenvalue weighted by atomic mass is 16.6. The van der Waals surface area contributed by atoms with Gasteiger partial charge in [0.2, 0.25) is 0 Å². The van der Waals surface area contributed by atoms with Crippen LogP contribution in [-0.2, 0) is 0 Å². The molecule has 20 heavy (non-hydrogen) atoms. The number of nitrogens with zero attached hydrogens (tertiary/aromatic N) is 2. The molecule has 1 amide bonds. The quantitative estimate of drug-likeness (QED) is 0.662. The van der Waals surface area contributed by atoms with Crippen LogP contribution in [0.1, 0.15) is 37.0 Å². The van der Waals surface area contributed by atoms with Crippen molar-refractivity contribution in [1.29, 1.82) is 0 Å². The van der Waals surface area contributed by atoms with E-state index in [9.17, 15) is 20.0 Å². The third kappa shape index (κ3) is 3.07. The number of carbonyl (C=O) groups is 1. The molecule has 1 saturated carbocycles. The number of phenols is 1. The van der Waals surface area contributed by atoms with E-state index in [2.05, 4.69) is 0 Å². The van der Waals surface area contributed by atoms with Crippen molar-refractivity contribution in [3.63, 3.8) is 0 Å². The van der Waals surface area contributed by atoms with Crippen molar-refractivity contribution in [3.8, 4) is 5.75 Å². The highest BCUT2D eigenvalue weighted by Gasteiger charge is 2.31. The molecular formula is C14H18N2O4. The summed E-state index contributed by atoms with van der Waals surface area (Å²) in [7, 11) is 0. The summed E-state index contributed by atoms with van der Waals surface area (Å²) in [4.78, 5) is 24.6. The molecule has 6 nitrogen and oxygen atoms in total. The van der Waals surface area contributed by atoms with Crippen LogP contribution >= 0.6 is 0 Å². The Kier molecular flexibility index (Phi) is 3.92. The minimum absolute atomic E-state index is 0.0370. The van der Waals surface area contributed by atoms with E-state index in [0.29, 0.717) is 12.5 Å². The number of rotatable bonds is 5. The number of benzene rings is 1. The Hall–Kier alpha value is -2.11. The number of nitro groups is 1. The minimum atomic E-state index is -0.595. The van der Waals surface area contributed by atoms with Gasteiger partial charge in [0.25, 0.3) is 11.6 Å². The van der Waals surface area contributed by atoms with Gasteiger partial charge in [-0.2, -0.15) is 0 Å². The number of amides is 1. The lowest BCUT2D eigenvalue weighted by Gasteiger charge is -2.26. The van der Waals surface area contributed by atoms with Crippen LogP contribution in [0.25, 0.3) is 0 Å². The van der Waals surface area contributed by atoms with Gasteiger partial charge in [-0.1, -0.05) is 0 Å². The molecule has 1 aromatic carbocycles. The van der Waals surface area contributed by atoms with E-state index in [1.54, 1.807) is 4.90 Å². The maximum Gasteiger partial charge on any atom is 0.282 e. The fraction of sp³-hybridized carbons (Fsp3) is 0.500. The fourth-order valence-electron chi connectivity index (χ4n) is 2.12.